The van der Waals surface area contributed by atoms with Crippen LogP contribution in [0.25, 0.3) is 17.1 Å². The zero-order valence-corrected chi connectivity index (χ0v) is 19.2. The number of amides is 1. The Kier molecular flexibility index (Phi) is 5.75. The second-order valence-corrected chi connectivity index (χ2v) is 8.22. The van der Waals surface area contributed by atoms with E-state index in [1.54, 1.807) is 50.2 Å². The molecule has 1 aliphatic rings. The van der Waals surface area contributed by atoms with Crippen molar-refractivity contribution in [2.24, 2.45) is 0 Å². The van der Waals surface area contributed by atoms with E-state index in [1.807, 2.05) is 24.3 Å². The van der Waals surface area contributed by atoms with E-state index in [9.17, 15) is 4.79 Å². The molecule has 1 N–H and O–H groups in total. The van der Waals surface area contributed by atoms with E-state index in [-0.39, 0.29) is 5.91 Å². The number of ether oxygens (including phenoxy) is 2. The standard InChI is InChI=1S/C25H25N5O4/c1-15-20(24(31)26-21-12-11-19(32-2)13-22(21)33-3)14-30(28-15)18-9-7-16(8-10-18)23-27-25(34-29-23)17-5-4-6-17/h7-14,17H,4-6H2,1-3H3,(H,26,31). The fraction of sp³-hybridized carbons (Fsp3) is 0.280. The van der Waals surface area contributed by atoms with Gasteiger partial charge in [0.25, 0.3) is 5.91 Å². The molecule has 4 aromatic rings. The molecule has 2 aromatic heterocycles. The maximum atomic E-state index is 12.9. The molecule has 0 atom stereocenters. The molecule has 0 spiro atoms. The highest BCUT2D eigenvalue weighted by atomic mass is 16.5. The molecule has 0 unspecified atom stereocenters. The summed E-state index contributed by atoms with van der Waals surface area (Å²) in [4.78, 5) is 17.5. The summed E-state index contributed by atoms with van der Waals surface area (Å²) < 4.78 is 17.7. The van der Waals surface area contributed by atoms with E-state index in [4.69, 9.17) is 14.0 Å². The van der Waals surface area contributed by atoms with Crippen molar-refractivity contribution >= 4 is 11.6 Å². The number of nitrogens with zero attached hydrogens (tertiary/aromatic N) is 4. The second-order valence-electron chi connectivity index (χ2n) is 8.22. The molecule has 34 heavy (non-hydrogen) atoms. The third-order valence-electron chi connectivity index (χ3n) is 6.09. The van der Waals surface area contributed by atoms with Crippen LogP contribution in [0.5, 0.6) is 11.5 Å². The van der Waals surface area contributed by atoms with Crippen LogP contribution in [-0.4, -0.2) is 40.0 Å². The summed E-state index contributed by atoms with van der Waals surface area (Å²) in [5.74, 6) is 2.57. The van der Waals surface area contributed by atoms with Crippen molar-refractivity contribution in [2.45, 2.75) is 32.1 Å². The molecule has 2 heterocycles. The molecule has 2 aromatic carbocycles. The van der Waals surface area contributed by atoms with E-state index in [1.165, 1.54) is 6.42 Å². The number of carbonyl (C=O) groups excluding carboxylic acids is 1. The summed E-state index contributed by atoms with van der Waals surface area (Å²) in [6.07, 6.45) is 5.15. The van der Waals surface area contributed by atoms with Crippen molar-refractivity contribution in [2.75, 3.05) is 19.5 Å². The Morgan fingerprint density at radius 1 is 1.12 bits per heavy atom. The molecule has 1 aliphatic carbocycles. The number of hydrogen-bond donors (Lipinski definition) is 1. The molecular formula is C25H25N5O4. The number of anilines is 1. The first kappa shape index (κ1) is 21.7. The number of nitrogens with one attached hydrogen (secondary N) is 1. The zero-order valence-electron chi connectivity index (χ0n) is 19.2. The Morgan fingerprint density at radius 3 is 2.59 bits per heavy atom. The van der Waals surface area contributed by atoms with E-state index in [0.29, 0.717) is 40.2 Å². The first-order valence-electron chi connectivity index (χ1n) is 11.1. The fourth-order valence-electron chi connectivity index (χ4n) is 3.84. The first-order valence-corrected chi connectivity index (χ1v) is 11.1. The summed E-state index contributed by atoms with van der Waals surface area (Å²) >= 11 is 0. The molecule has 1 amide bonds. The summed E-state index contributed by atoms with van der Waals surface area (Å²) in [7, 11) is 3.12. The molecule has 1 saturated carbocycles. The van der Waals surface area contributed by atoms with Crippen LogP contribution in [-0.2, 0) is 0 Å². The lowest BCUT2D eigenvalue weighted by Gasteiger charge is -2.20. The third kappa shape index (κ3) is 4.12. The average Bonchev–Trinajstić information content (AvgIpc) is 3.45. The van der Waals surface area contributed by atoms with Gasteiger partial charge in [-0.2, -0.15) is 10.1 Å². The van der Waals surface area contributed by atoms with Gasteiger partial charge in [-0.05, 0) is 56.2 Å². The molecular weight excluding hydrogens is 434 g/mol. The van der Waals surface area contributed by atoms with Gasteiger partial charge in [-0.25, -0.2) is 4.68 Å². The normalized spacial score (nSPS) is 13.4. The minimum Gasteiger partial charge on any atom is -0.497 e. The van der Waals surface area contributed by atoms with Gasteiger partial charge >= 0.3 is 0 Å². The number of aromatic nitrogens is 4. The van der Waals surface area contributed by atoms with Gasteiger partial charge in [0.05, 0.1) is 36.9 Å². The summed E-state index contributed by atoms with van der Waals surface area (Å²) in [5, 5.41) is 11.5. The van der Waals surface area contributed by atoms with Gasteiger partial charge in [-0.1, -0.05) is 11.6 Å². The Hall–Kier alpha value is -4.14. The Bertz CT molecular complexity index is 1320. The van der Waals surface area contributed by atoms with Gasteiger partial charge in [-0.15, -0.1) is 0 Å². The van der Waals surface area contributed by atoms with Crippen LogP contribution in [0.3, 0.4) is 0 Å². The lowest BCUT2D eigenvalue weighted by molar-refractivity contribution is 0.102. The van der Waals surface area contributed by atoms with E-state index < -0.39 is 0 Å². The molecule has 5 rings (SSSR count). The van der Waals surface area contributed by atoms with Crippen LogP contribution < -0.4 is 14.8 Å². The van der Waals surface area contributed by atoms with Crippen LogP contribution in [0.4, 0.5) is 5.69 Å². The summed E-state index contributed by atoms with van der Waals surface area (Å²) in [6.45, 7) is 1.80. The summed E-state index contributed by atoms with van der Waals surface area (Å²) in [6, 6.07) is 12.9. The SMILES string of the molecule is COc1ccc(NC(=O)c2cn(-c3ccc(-c4noc(C5CCC5)n4)cc3)nc2C)c(OC)c1. The minimum atomic E-state index is -0.279. The topological polar surface area (TPSA) is 104 Å². The predicted octanol–water partition coefficient (Wildman–Crippen LogP) is 4.77. The van der Waals surface area contributed by atoms with Gasteiger partial charge in [0.15, 0.2) is 0 Å². The molecule has 9 heteroatoms. The number of hydrogen-bond acceptors (Lipinski definition) is 7. The molecule has 0 saturated heterocycles. The molecule has 1 fully saturated rings. The maximum absolute atomic E-state index is 12.9. The Labute approximate surface area is 196 Å². The van der Waals surface area contributed by atoms with Gasteiger partial charge < -0.3 is 19.3 Å². The quantitative estimate of drug-likeness (QED) is 0.424. The van der Waals surface area contributed by atoms with Crippen molar-refractivity contribution in [1.82, 2.24) is 19.9 Å². The summed E-state index contributed by atoms with van der Waals surface area (Å²) in [5.41, 5.74) is 3.30. The van der Waals surface area contributed by atoms with Gasteiger partial charge in [0.1, 0.15) is 11.5 Å². The third-order valence-corrected chi connectivity index (χ3v) is 6.09. The monoisotopic (exact) mass is 459 g/mol. The lowest BCUT2D eigenvalue weighted by Crippen LogP contribution is -2.13. The van der Waals surface area contributed by atoms with Crippen molar-refractivity contribution in [1.29, 1.82) is 0 Å². The zero-order chi connectivity index (χ0) is 23.7. The number of carbonyl (C=O) groups is 1. The van der Waals surface area contributed by atoms with Crippen molar-refractivity contribution in [3.8, 4) is 28.6 Å². The smallest absolute Gasteiger partial charge is 0.259 e. The highest BCUT2D eigenvalue weighted by Crippen LogP contribution is 2.36. The van der Waals surface area contributed by atoms with Crippen molar-refractivity contribution in [3.05, 3.63) is 65.8 Å². The van der Waals surface area contributed by atoms with E-state index in [0.717, 1.165) is 30.0 Å². The van der Waals surface area contributed by atoms with Crippen molar-refractivity contribution in [3.63, 3.8) is 0 Å². The highest BCUT2D eigenvalue weighted by Gasteiger charge is 2.25. The van der Waals surface area contributed by atoms with Crippen molar-refractivity contribution < 1.29 is 18.8 Å². The highest BCUT2D eigenvalue weighted by molar-refractivity contribution is 6.05. The largest absolute Gasteiger partial charge is 0.497 e. The number of aryl methyl sites for hydroxylation is 1. The number of benzene rings is 2. The van der Waals surface area contributed by atoms with Gasteiger partial charge in [-0.3, -0.25) is 4.79 Å². The minimum absolute atomic E-state index is 0.279. The fourth-order valence-corrected chi connectivity index (χ4v) is 3.84. The van der Waals surface area contributed by atoms with Gasteiger partial charge in [0.2, 0.25) is 11.7 Å². The predicted molar refractivity (Wildman–Crippen MR) is 126 cm³/mol. The van der Waals surface area contributed by atoms with Crippen LogP contribution in [0, 0.1) is 6.92 Å². The number of methoxy groups -OCH3 is 2. The number of rotatable bonds is 7. The Morgan fingerprint density at radius 2 is 1.91 bits per heavy atom. The molecule has 174 valence electrons. The van der Waals surface area contributed by atoms with Crippen LogP contribution in [0.1, 0.15) is 47.1 Å². The average molecular weight is 460 g/mol. The Balaban J connectivity index is 1.33. The lowest BCUT2D eigenvalue weighted by atomic mass is 9.85. The maximum Gasteiger partial charge on any atom is 0.259 e. The second kappa shape index (κ2) is 9.01. The van der Waals surface area contributed by atoms with Crippen LogP contribution in [0.2, 0.25) is 0 Å². The molecule has 0 aliphatic heterocycles. The van der Waals surface area contributed by atoms with Crippen LogP contribution in [0.15, 0.2) is 53.2 Å². The molecule has 0 bridgehead atoms. The van der Waals surface area contributed by atoms with Crippen LogP contribution >= 0.6 is 0 Å². The van der Waals surface area contributed by atoms with E-state index >= 15 is 0 Å². The molecule has 9 nitrogen and oxygen atoms in total. The first-order chi connectivity index (χ1) is 16.6. The molecule has 0 radical (unpaired) electrons. The van der Waals surface area contributed by atoms with Gasteiger partial charge in [0, 0.05) is 23.7 Å². The van der Waals surface area contributed by atoms with E-state index in [2.05, 4.69) is 20.6 Å².